The Hall–Kier alpha value is -1.95. The minimum Gasteiger partial charge on any atom is -0.459 e. The predicted octanol–water partition coefficient (Wildman–Crippen LogP) is 2.46. The van der Waals surface area contributed by atoms with Crippen molar-refractivity contribution in [2.45, 2.75) is 45.8 Å². The second kappa shape index (κ2) is 7.17. The number of nitrogens with zero attached hydrogens (tertiary/aromatic N) is 1. The van der Waals surface area contributed by atoms with Crippen molar-refractivity contribution < 1.29 is 14.5 Å². The molecule has 116 valence electrons. The van der Waals surface area contributed by atoms with Gasteiger partial charge in [0, 0.05) is 18.2 Å². The fourth-order valence-corrected chi connectivity index (χ4v) is 1.81. The molecule has 0 amide bonds. The van der Waals surface area contributed by atoms with Crippen molar-refractivity contribution in [2.75, 3.05) is 6.54 Å². The number of nitro benzene ring substituents is 1. The SMILES string of the molecule is CC(Cc1ccc([N+](=O)[O-])cc1)NCC(=O)OC(C)(C)C. The topological polar surface area (TPSA) is 81.5 Å². The van der Waals surface area contributed by atoms with Gasteiger partial charge in [0.2, 0.25) is 0 Å². The summed E-state index contributed by atoms with van der Waals surface area (Å²) < 4.78 is 5.20. The lowest BCUT2D eigenvalue weighted by Gasteiger charge is -2.20. The van der Waals surface area contributed by atoms with Gasteiger partial charge in [-0.15, -0.1) is 0 Å². The van der Waals surface area contributed by atoms with Crippen LogP contribution in [0.4, 0.5) is 5.69 Å². The molecule has 0 aliphatic heterocycles. The molecule has 21 heavy (non-hydrogen) atoms. The molecular formula is C15H22N2O4. The third-order valence-electron chi connectivity index (χ3n) is 2.70. The summed E-state index contributed by atoms with van der Waals surface area (Å²) in [6.45, 7) is 7.57. The molecular weight excluding hydrogens is 272 g/mol. The third-order valence-corrected chi connectivity index (χ3v) is 2.70. The van der Waals surface area contributed by atoms with Crippen molar-refractivity contribution in [1.82, 2.24) is 5.32 Å². The summed E-state index contributed by atoms with van der Waals surface area (Å²) in [6.07, 6.45) is 0.681. The summed E-state index contributed by atoms with van der Waals surface area (Å²) in [7, 11) is 0. The summed E-state index contributed by atoms with van der Waals surface area (Å²) >= 11 is 0. The summed E-state index contributed by atoms with van der Waals surface area (Å²) in [5.74, 6) is -0.293. The fourth-order valence-electron chi connectivity index (χ4n) is 1.81. The largest absolute Gasteiger partial charge is 0.459 e. The van der Waals surface area contributed by atoms with Crippen LogP contribution < -0.4 is 5.32 Å². The van der Waals surface area contributed by atoms with E-state index >= 15 is 0 Å². The van der Waals surface area contributed by atoms with Gasteiger partial charge in [-0.2, -0.15) is 0 Å². The zero-order valence-electron chi connectivity index (χ0n) is 12.9. The summed E-state index contributed by atoms with van der Waals surface area (Å²) in [4.78, 5) is 21.7. The van der Waals surface area contributed by atoms with E-state index in [9.17, 15) is 14.9 Å². The number of carbonyl (C=O) groups excluding carboxylic acids is 1. The van der Waals surface area contributed by atoms with Crippen LogP contribution in [0.1, 0.15) is 33.3 Å². The second-order valence-electron chi connectivity index (χ2n) is 6.00. The predicted molar refractivity (Wildman–Crippen MR) is 80.1 cm³/mol. The van der Waals surface area contributed by atoms with E-state index in [0.29, 0.717) is 6.42 Å². The van der Waals surface area contributed by atoms with Crippen molar-refractivity contribution in [1.29, 1.82) is 0 Å². The number of rotatable bonds is 6. The third kappa shape index (κ3) is 6.85. The number of nitrogens with one attached hydrogen (secondary N) is 1. The molecule has 1 rings (SSSR count). The van der Waals surface area contributed by atoms with Gasteiger partial charge in [0.05, 0.1) is 11.5 Å². The maximum atomic E-state index is 11.6. The van der Waals surface area contributed by atoms with E-state index in [1.165, 1.54) is 12.1 Å². The van der Waals surface area contributed by atoms with Crippen LogP contribution in [0.5, 0.6) is 0 Å². The Bertz CT molecular complexity index is 491. The first-order valence-corrected chi connectivity index (χ1v) is 6.86. The minimum atomic E-state index is -0.486. The molecule has 0 aliphatic rings. The van der Waals surface area contributed by atoms with E-state index < -0.39 is 10.5 Å². The van der Waals surface area contributed by atoms with Crippen molar-refractivity contribution in [3.63, 3.8) is 0 Å². The van der Waals surface area contributed by atoms with Gasteiger partial charge in [0.1, 0.15) is 5.60 Å². The molecule has 0 radical (unpaired) electrons. The van der Waals surface area contributed by atoms with Gasteiger partial charge < -0.3 is 10.1 Å². The quantitative estimate of drug-likeness (QED) is 0.495. The second-order valence-corrected chi connectivity index (χ2v) is 6.00. The molecule has 0 fully saturated rings. The molecule has 1 aromatic carbocycles. The van der Waals surface area contributed by atoms with Crippen LogP contribution in [0, 0.1) is 10.1 Å². The Morgan fingerprint density at radius 2 is 1.90 bits per heavy atom. The first-order valence-electron chi connectivity index (χ1n) is 6.86. The molecule has 0 spiro atoms. The highest BCUT2D eigenvalue weighted by Crippen LogP contribution is 2.13. The number of carbonyl (C=O) groups is 1. The molecule has 1 atom stereocenters. The van der Waals surface area contributed by atoms with E-state index in [4.69, 9.17) is 4.74 Å². The highest BCUT2D eigenvalue weighted by atomic mass is 16.6. The molecule has 1 N–H and O–H groups in total. The maximum absolute atomic E-state index is 11.6. The molecule has 1 unspecified atom stereocenters. The molecule has 6 heteroatoms. The van der Waals surface area contributed by atoms with Crippen molar-refractivity contribution >= 4 is 11.7 Å². The van der Waals surface area contributed by atoms with Crippen LogP contribution in [0.15, 0.2) is 24.3 Å². The van der Waals surface area contributed by atoms with Gasteiger partial charge in [-0.1, -0.05) is 12.1 Å². The molecule has 1 aromatic rings. The van der Waals surface area contributed by atoms with E-state index in [1.54, 1.807) is 12.1 Å². The van der Waals surface area contributed by atoms with E-state index in [1.807, 2.05) is 27.7 Å². The first kappa shape index (κ1) is 17.1. The van der Waals surface area contributed by atoms with Crippen molar-refractivity contribution in [3.8, 4) is 0 Å². The number of hydrogen-bond acceptors (Lipinski definition) is 5. The average Bonchev–Trinajstić information content (AvgIpc) is 2.35. The lowest BCUT2D eigenvalue weighted by molar-refractivity contribution is -0.384. The highest BCUT2D eigenvalue weighted by molar-refractivity contribution is 5.72. The standard InChI is InChI=1S/C15H22N2O4/c1-11(16-10-14(18)21-15(2,3)4)9-12-5-7-13(8-6-12)17(19)20/h5-8,11,16H,9-10H2,1-4H3. The molecule has 0 aliphatic carbocycles. The molecule has 6 nitrogen and oxygen atoms in total. The number of benzene rings is 1. The zero-order valence-corrected chi connectivity index (χ0v) is 12.9. The van der Waals surface area contributed by atoms with E-state index in [-0.39, 0.29) is 24.2 Å². The van der Waals surface area contributed by atoms with Gasteiger partial charge >= 0.3 is 5.97 Å². The Morgan fingerprint density at radius 1 is 1.33 bits per heavy atom. The molecule has 0 saturated carbocycles. The van der Waals surface area contributed by atoms with E-state index in [2.05, 4.69) is 5.32 Å². The van der Waals surface area contributed by atoms with Gasteiger partial charge in [0.25, 0.3) is 5.69 Å². The Kier molecular flexibility index (Phi) is 5.84. The number of non-ortho nitro benzene ring substituents is 1. The van der Waals surface area contributed by atoms with Crippen LogP contribution in [0.2, 0.25) is 0 Å². The Morgan fingerprint density at radius 3 is 2.38 bits per heavy atom. The normalized spacial score (nSPS) is 12.8. The summed E-state index contributed by atoms with van der Waals surface area (Å²) in [5, 5.41) is 13.7. The monoisotopic (exact) mass is 294 g/mol. The van der Waals surface area contributed by atoms with Crippen molar-refractivity contribution in [2.24, 2.45) is 0 Å². The number of esters is 1. The fraction of sp³-hybridized carbons (Fsp3) is 0.533. The number of nitro groups is 1. The van der Waals surface area contributed by atoms with Crippen LogP contribution in [-0.2, 0) is 16.0 Å². The summed E-state index contributed by atoms with van der Waals surface area (Å²) in [6, 6.07) is 6.48. The van der Waals surface area contributed by atoms with Gasteiger partial charge in [0.15, 0.2) is 0 Å². The highest BCUT2D eigenvalue weighted by Gasteiger charge is 2.16. The van der Waals surface area contributed by atoms with Gasteiger partial charge in [-0.05, 0) is 39.7 Å². The molecule has 0 aromatic heterocycles. The maximum Gasteiger partial charge on any atom is 0.320 e. The van der Waals surface area contributed by atoms with Gasteiger partial charge in [-0.25, -0.2) is 0 Å². The average molecular weight is 294 g/mol. The smallest absolute Gasteiger partial charge is 0.320 e. The molecule has 0 saturated heterocycles. The van der Waals surface area contributed by atoms with Gasteiger partial charge in [-0.3, -0.25) is 14.9 Å². The van der Waals surface area contributed by atoms with Crippen LogP contribution >= 0.6 is 0 Å². The number of hydrogen-bond donors (Lipinski definition) is 1. The molecule has 0 bridgehead atoms. The van der Waals surface area contributed by atoms with Crippen LogP contribution in [0.3, 0.4) is 0 Å². The molecule has 0 heterocycles. The minimum absolute atomic E-state index is 0.0685. The lowest BCUT2D eigenvalue weighted by atomic mass is 10.1. The van der Waals surface area contributed by atoms with Crippen LogP contribution in [-0.4, -0.2) is 29.1 Å². The Labute approximate surface area is 124 Å². The first-order chi connectivity index (χ1) is 9.67. The Balaban J connectivity index is 2.41. The van der Waals surface area contributed by atoms with Crippen LogP contribution in [0.25, 0.3) is 0 Å². The lowest BCUT2D eigenvalue weighted by Crippen LogP contribution is -2.36. The van der Waals surface area contributed by atoms with E-state index in [0.717, 1.165) is 5.56 Å². The zero-order chi connectivity index (χ0) is 16.0. The van der Waals surface area contributed by atoms with Crippen molar-refractivity contribution in [3.05, 3.63) is 39.9 Å². The summed E-state index contributed by atoms with van der Waals surface area (Å²) in [5.41, 5.74) is 0.568. The number of ether oxygens (including phenoxy) is 1.